The van der Waals surface area contributed by atoms with E-state index in [4.69, 9.17) is 21.1 Å². The zero-order valence-corrected chi connectivity index (χ0v) is 17.7. The monoisotopic (exact) mass is 418 g/mol. The van der Waals surface area contributed by atoms with Gasteiger partial charge in [0, 0.05) is 18.1 Å². The highest BCUT2D eigenvalue weighted by Crippen LogP contribution is 2.19. The standard InChI is InChI=1S/C22H27ClN2O4/c1-4-11-24-22(27)16(2)25(14-17-7-5-9-19(12-17)28-3)21(26)15-29-20-10-6-8-18(23)13-20/h5-10,12-13,16H,4,11,14-15H2,1-3H3,(H,24,27)/t16-/m1/s1. The number of nitrogens with one attached hydrogen (secondary N) is 1. The molecule has 2 amide bonds. The maximum atomic E-state index is 12.9. The third-order valence-electron chi connectivity index (χ3n) is 4.36. The number of hydrogen-bond acceptors (Lipinski definition) is 4. The summed E-state index contributed by atoms with van der Waals surface area (Å²) in [5.41, 5.74) is 0.857. The molecule has 0 saturated carbocycles. The van der Waals surface area contributed by atoms with Crippen molar-refractivity contribution in [1.29, 1.82) is 0 Å². The van der Waals surface area contributed by atoms with Crippen LogP contribution < -0.4 is 14.8 Å². The largest absolute Gasteiger partial charge is 0.497 e. The Bertz CT molecular complexity index is 828. The minimum absolute atomic E-state index is 0.199. The molecular weight excluding hydrogens is 392 g/mol. The Hall–Kier alpha value is -2.73. The molecular formula is C22H27ClN2O4. The van der Waals surface area contributed by atoms with Crippen molar-refractivity contribution in [2.45, 2.75) is 32.9 Å². The molecule has 6 nitrogen and oxygen atoms in total. The minimum atomic E-state index is -0.650. The van der Waals surface area contributed by atoms with Crippen molar-refractivity contribution in [3.63, 3.8) is 0 Å². The SMILES string of the molecule is CCCNC(=O)[C@@H](C)N(Cc1cccc(OC)c1)C(=O)COc1cccc(Cl)c1. The first-order chi connectivity index (χ1) is 13.9. The highest BCUT2D eigenvalue weighted by molar-refractivity contribution is 6.30. The van der Waals surface area contributed by atoms with E-state index in [0.29, 0.717) is 23.1 Å². The Morgan fingerprint density at radius 2 is 1.86 bits per heavy atom. The molecule has 0 unspecified atom stereocenters. The van der Waals surface area contributed by atoms with E-state index in [0.717, 1.165) is 12.0 Å². The predicted octanol–water partition coefficient (Wildman–Crippen LogP) is 3.67. The number of methoxy groups -OCH3 is 1. The zero-order chi connectivity index (χ0) is 21.2. The van der Waals surface area contributed by atoms with E-state index in [2.05, 4.69) is 5.32 Å². The zero-order valence-electron chi connectivity index (χ0n) is 17.0. The van der Waals surface area contributed by atoms with Gasteiger partial charge in [-0.15, -0.1) is 0 Å². The molecule has 1 atom stereocenters. The number of halogens is 1. The van der Waals surface area contributed by atoms with Crippen LogP contribution in [0, 0.1) is 0 Å². The molecule has 0 spiro atoms. The highest BCUT2D eigenvalue weighted by Gasteiger charge is 2.26. The maximum absolute atomic E-state index is 12.9. The topological polar surface area (TPSA) is 67.9 Å². The normalized spacial score (nSPS) is 11.4. The van der Waals surface area contributed by atoms with E-state index >= 15 is 0 Å². The molecule has 0 aliphatic carbocycles. The molecule has 0 fully saturated rings. The van der Waals surface area contributed by atoms with Crippen molar-refractivity contribution in [3.05, 3.63) is 59.1 Å². The summed E-state index contributed by atoms with van der Waals surface area (Å²) >= 11 is 5.96. The van der Waals surface area contributed by atoms with Crippen molar-refractivity contribution in [3.8, 4) is 11.5 Å². The summed E-state index contributed by atoms with van der Waals surface area (Å²) in [6.07, 6.45) is 0.820. The van der Waals surface area contributed by atoms with Crippen molar-refractivity contribution in [1.82, 2.24) is 10.2 Å². The van der Waals surface area contributed by atoms with Gasteiger partial charge in [0.15, 0.2) is 6.61 Å². The first kappa shape index (κ1) is 22.6. The highest BCUT2D eigenvalue weighted by atomic mass is 35.5. The molecule has 2 aromatic carbocycles. The van der Waals surface area contributed by atoms with Crippen molar-refractivity contribution >= 4 is 23.4 Å². The fourth-order valence-corrected chi connectivity index (χ4v) is 2.91. The Labute approximate surface area is 176 Å². The molecule has 7 heteroatoms. The molecule has 0 radical (unpaired) electrons. The quantitative estimate of drug-likeness (QED) is 0.639. The second-order valence-corrected chi connectivity index (χ2v) is 7.02. The van der Waals surface area contributed by atoms with Crippen LogP contribution >= 0.6 is 11.6 Å². The maximum Gasteiger partial charge on any atom is 0.261 e. The minimum Gasteiger partial charge on any atom is -0.497 e. The second kappa shape index (κ2) is 11.3. The molecule has 0 aromatic heterocycles. The number of ether oxygens (including phenoxy) is 2. The summed E-state index contributed by atoms with van der Waals surface area (Å²) < 4.78 is 10.8. The fraction of sp³-hybridized carbons (Fsp3) is 0.364. The molecule has 0 aliphatic rings. The third-order valence-corrected chi connectivity index (χ3v) is 4.60. The average molecular weight is 419 g/mol. The van der Waals surface area contributed by atoms with Gasteiger partial charge >= 0.3 is 0 Å². The summed E-state index contributed by atoms with van der Waals surface area (Å²) in [5.74, 6) is 0.682. The number of carbonyl (C=O) groups excluding carboxylic acids is 2. The number of hydrogen-bond donors (Lipinski definition) is 1. The van der Waals surface area contributed by atoms with E-state index in [1.807, 2.05) is 31.2 Å². The van der Waals surface area contributed by atoms with Gasteiger partial charge in [0.25, 0.3) is 5.91 Å². The van der Waals surface area contributed by atoms with Gasteiger partial charge in [0.1, 0.15) is 17.5 Å². The summed E-state index contributed by atoms with van der Waals surface area (Å²) in [7, 11) is 1.59. The van der Waals surface area contributed by atoms with Crippen LogP contribution in [0.5, 0.6) is 11.5 Å². The smallest absolute Gasteiger partial charge is 0.261 e. The van der Waals surface area contributed by atoms with Gasteiger partial charge < -0.3 is 19.7 Å². The van der Waals surface area contributed by atoms with Crippen LogP contribution in [0.25, 0.3) is 0 Å². The van der Waals surface area contributed by atoms with Crippen LogP contribution in [-0.2, 0) is 16.1 Å². The van der Waals surface area contributed by atoms with E-state index < -0.39 is 6.04 Å². The van der Waals surface area contributed by atoms with Crippen molar-refractivity contribution in [2.24, 2.45) is 0 Å². The molecule has 0 bridgehead atoms. The first-order valence-corrected chi connectivity index (χ1v) is 9.90. The van der Waals surface area contributed by atoms with Gasteiger partial charge in [0.2, 0.25) is 5.91 Å². The van der Waals surface area contributed by atoms with Crippen LogP contribution in [0.4, 0.5) is 0 Å². The van der Waals surface area contributed by atoms with E-state index in [-0.39, 0.29) is 25.0 Å². The lowest BCUT2D eigenvalue weighted by Crippen LogP contribution is -2.49. The molecule has 0 saturated heterocycles. The van der Waals surface area contributed by atoms with Crippen LogP contribution in [0.2, 0.25) is 5.02 Å². The lowest BCUT2D eigenvalue weighted by molar-refractivity contribution is -0.142. The lowest BCUT2D eigenvalue weighted by Gasteiger charge is -2.28. The Balaban J connectivity index is 2.15. The van der Waals surface area contributed by atoms with Gasteiger partial charge in [-0.25, -0.2) is 0 Å². The number of nitrogens with zero attached hydrogens (tertiary/aromatic N) is 1. The molecule has 2 rings (SSSR count). The summed E-state index contributed by atoms with van der Waals surface area (Å²) in [6.45, 7) is 4.31. The van der Waals surface area contributed by atoms with Gasteiger partial charge in [-0.3, -0.25) is 9.59 Å². The third kappa shape index (κ3) is 6.98. The van der Waals surface area contributed by atoms with E-state index in [9.17, 15) is 9.59 Å². The number of amides is 2. The van der Waals surface area contributed by atoms with Gasteiger partial charge in [-0.2, -0.15) is 0 Å². The number of benzene rings is 2. The summed E-state index contributed by atoms with van der Waals surface area (Å²) in [6, 6.07) is 13.6. The Morgan fingerprint density at radius 3 is 2.55 bits per heavy atom. The molecule has 2 aromatic rings. The fourth-order valence-electron chi connectivity index (χ4n) is 2.73. The summed E-state index contributed by atoms with van der Waals surface area (Å²) in [5, 5.41) is 3.36. The molecule has 156 valence electrons. The van der Waals surface area contributed by atoms with Crippen LogP contribution in [0.15, 0.2) is 48.5 Å². The van der Waals surface area contributed by atoms with Crippen LogP contribution in [0.1, 0.15) is 25.8 Å². The van der Waals surface area contributed by atoms with Gasteiger partial charge in [-0.1, -0.05) is 36.7 Å². The summed E-state index contributed by atoms with van der Waals surface area (Å²) in [4.78, 5) is 26.9. The number of carbonyl (C=O) groups is 2. The van der Waals surface area contributed by atoms with Gasteiger partial charge in [-0.05, 0) is 49.2 Å². The van der Waals surface area contributed by atoms with Gasteiger partial charge in [0.05, 0.1) is 7.11 Å². The van der Waals surface area contributed by atoms with E-state index in [1.165, 1.54) is 4.90 Å². The average Bonchev–Trinajstić information content (AvgIpc) is 2.73. The van der Waals surface area contributed by atoms with Crippen molar-refractivity contribution in [2.75, 3.05) is 20.3 Å². The van der Waals surface area contributed by atoms with Crippen molar-refractivity contribution < 1.29 is 19.1 Å². The second-order valence-electron chi connectivity index (χ2n) is 6.59. The molecule has 0 heterocycles. The Morgan fingerprint density at radius 1 is 1.14 bits per heavy atom. The first-order valence-electron chi connectivity index (χ1n) is 9.53. The van der Waals surface area contributed by atoms with E-state index in [1.54, 1.807) is 38.3 Å². The molecule has 0 aliphatic heterocycles. The molecule has 29 heavy (non-hydrogen) atoms. The lowest BCUT2D eigenvalue weighted by atomic mass is 10.1. The molecule has 1 N–H and O–H groups in total. The van der Waals surface area contributed by atoms with Crippen LogP contribution in [-0.4, -0.2) is 43.0 Å². The predicted molar refractivity (Wildman–Crippen MR) is 113 cm³/mol. The van der Waals surface area contributed by atoms with Crippen LogP contribution in [0.3, 0.4) is 0 Å². The Kier molecular flexibility index (Phi) is 8.80. The number of rotatable bonds is 10.